The number of rotatable bonds is 4. The second-order valence-electron chi connectivity index (χ2n) is 6.88. The number of hydrogen-bond donors (Lipinski definition) is 1. The maximum Gasteiger partial charge on any atom is 0.267 e. The van der Waals surface area contributed by atoms with E-state index in [4.69, 9.17) is 0 Å². The number of carbonyl (C=O) groups excluding carboxylic acids is 2. The van der Waals surface area contributed by atoms with Gasteiger partial charge in [-0.05, 0) is 61.9 Å². The van der Waals surface area contributed by atoms with E-state index in [2.05, 4.69) is 17.2 Å². The van der Waals surface area contributed by atoms with Crippen molar-refractivity contribution >= 4 is 40.2 Å². The van der Waals surface area contributed by atoms with Crippen LogP contribution >= 0.6 is 22.7 Å². The fourth-order valence-corrected chi connectivity index (χ4v) is 4.96. The molecule has 1 atom stereocenters. The molecular weight excluding hydrogens is 390 g/mol. The van der Waals surface area contributed by atoms with Gasteiger partial charge in [0.15, 0.2) is 0 Å². The number of amides is 2. The summed E-state index contributed by atoms with van der Waals surface area (Å²) in [6.45, 7) is 2.92. The van der Waals surface area contributed by atoms with E-state index >= 15 is 0 Å². The summed E-state index contributed by atoms with van der Waals surface area (Å²) in [7, 11) is 0. The largest absolute Gasteiger partial charge is 0.336 e. The van der Waals surface area contributed by atoms with Crippen molar-refractivity contribution in [1.29, 1.82) is 0 Å². The number of likely N-dealkylation sites (tertiary alicyclic amines) is 1. The molecule has 1 aliphatic rings. The Hall–Kier alpha value is -2.51. The highest BCUT2D eigenvalue weighted by atomic mass is 32.1. The van der Waals surface area contributed by atoms with Crippen LogP contribution in [0, 0.1) is 0 Å². The summed E-state index contributed by atoms with van der Waals surface area (Å²) >= 11 is 2.97. The van der Waals surface area contributed by atoms with E-state index in [-0.39, 0.29) is 17.9 Å². The summed E-state index contributed by atoms with van der Waals surface area (Å²) in [5.41, 5.74) is 1.32. The number of thiazole rings is 1. The molecule has 4 rings (SSSR count). The van der Waals surface area contributed by atoms with Gasteiger partial charge in [0.25, 0.3) is 11.8 Å². The van der Waals surface area contributed by atoms with E-state index in [1.807, 2.05) is 22.4 Å². The van der Waals surface area contributed by atoms with Crippen LogP contribution in [-0.2, 0) is 0 Å². The lowest BCUT2D eigenvalue weighted by Crippen LogP contribution is -2.42. The Morgan fingerprint density at radius 3 is 2.71 bits per heavy atom. The normalized spacial score (nSPS) is 16.8. The molecule has 0 spiro atoms. The molecule has 0 saturated carbocycles. The maximum absolute atomic E-state index is 12.7. The molecule has 3 aromatic rings. The number of nitrogens with zero attached hydrogens (tertiary/aromatic N) is 2. The van der Waals surface area contributed by atoms with Crippen molar-refractivity contribution < 1.29 is 9.59 Å². The van der Waals surface area contributed by atoms with Gasteiger partial charge in [-0.2, -0.15) is 0 Å². The van der Waals surface area contributed by atoms with Crippen molar-refractivity contribution in [1.82, 2.24) is 9.88 Å². The van der Waals surface area contributed by atoms with Crippen LogP contribution in [-0.4, -0.2) is 34.3 Å². The SMILES string of the molecule is CC1CCCCN1C(=O)c1ccc(NC(=O)c2cnc(-c3cccs3)s2)cc1. The lowest BCUT2D eigenvalue weighted by atomic mass is 10.0. The zero-order valence-corrected chi connectivity index (χ0v) is 17.2. The highest BCUT2D eigenvalue weighted by Gasteiger charge is 2.24. The van der Waals surface area contributed by atoms with Crippen molar-refractivity contribution in [3.8, 4) is 9.88 Å². The molecule has 0 aliphatic carbocycles. The van der Waals surface area contributed by atoms with Crippen LogP contribution in [0.5, 0.6) is 0 Å². The summed E-state index contributed by atoms with van der Waals surface area (Å²) in [6.07, 6.45) is 4.90. The van der Waals surface area contributed by atoms with E-state index < -0.39 is 0 Å². The van der Waals surface area contributed by atoms with Gasteiger partial charge in [-0.25, -0.2) is 4.98 Å². The Balaban J connectivity index is 1.41. The fraction of sp³-hybridized carbons (Fsp3) is 0.286. The van der Waals surface area contributed by atoms with Gasteiger partial charge in [0.2, 0.25) is 0 Å². The number of piperidine rings is 1. The first-order chi connectivity index (χ1) is 13.6. The van der Waals surface area contributed by atoms with Crippen molar-refractivity contribution in [2.75, 3.05) is 11.9 Å². The predicted octanol–water partition coefficient (Wildman–Crippen LogP) is 5.14. The summed E-state index contributed by atoms with van der Waals surface area (Å²) in [5.74, 6) is -0.128. The van der Waals surface area contributed by atoms with Crippen LogP contribution in [0.25, 0.3) is 9.88 Å². The Morgan fingerprint density at radius 2 is 2.00 bits per heavy atom. The number of anilines is 1. The van der Waals surface area contributed by atoms with Gasteiger partial charge in [0.1, 0.15) is 9.88 Å². The molecule has 1 aliphatic heterocycles. The van der Waals surface area contributed by atoms with Crippen LogP contribution in [0.2, 0.25) is 0 Å². The minimum Gasteiger partial charge on any atom is -0.336 e. The first-order valence-electron chi connectivity index (χ1n) is 9.34. The third-order valence-electron chi connectivity index (χ3n) is 4.91. The summed E-state index contributed by atoms with van der Waals surface area (Å²) in [5, 5.41) is 5.72. The van der Waals surface area contributed by atoms with Crippen LogP contribution in [0.1, 0.15) is 46.2 Å². The molecule has 144 valence electrons. The van der Waals surface area contributed by atoms with E-state index in [0.717, 1.165) is 29.3 Å². The van der Waals surface area contributed by atoms with Crippen LogP contribution in [0.15, 0.2) is 48.0 Å². The molecule has 0 bridgehead atoms. The average molecular weight is 412 g/mol. The highest BCUT2D eigenvalue weighted by molar-refractivity contribution is 7.22. The lowest BCUT2D eigenvalue weighted by molar-refractivity contribution is 0.0635. The Kier molecular flexibility index (Phi) is 5.54. The first-order valence-corrected chi connectivity index (χ1v) is 11.0. The molecule has 7 heteroatoms. The van der Waals surface area contributed by atoms with E-state index in [1.54, 1.807) is 41.8 Å². The minimum absolute atomic E-state index is 0.0631. The van der Waals surface area contributed by atoms with Crippen molar-refractivity contribution in [3.63, 3.8) is 0 Å². The van der Waals surface area contributed by atoms with Gasteiger partial charge in [-0.3, -0.25) is 9.59 Å². The smallest absolute Gasteiger partial charge is 0.267 e. The number of benzene rings is 1. The summed E-state index contributed by atoms with van der Waals surface area (Å²) in [4.78, 5) is 33.1. The molecule has 1 fully saturated rings. The Morgan fingerprint density at radius 1 is 1.18 bits per heavy atom. The first kappa shape index (κ1) is 18.8. The third kappa shape index (κ3) is 4.00. The molecule has 1 aromatic carbocycles. The molecule has 3 heterocycles. The molecule has 1 unspecified atom stereocenters. The van der Waals surface area contributed by atoms with Crippen molar-refractivity contribution in [3.05, 3.63) is 58.4 Å². The van der Waals surface area contributed by atoms with Gasteiger partial charge in [0, 0.05) is 23.8 Å². The highest BCUT2D eigenvalue weighted by Crippen LogP contribution is 2.29. The third-order valence-corrected chi connectivity index (χ3v) is 6.95. The average Bonchev–Trinajstić information content (AvgIpc) is 3.40. The molecule has 2 aromatic heterocycles. The van der Waals surface area contributed by atoms with Gasteiger partial charge >= 0.3 is 0 Å². The van der Waals surface area contributed by atoms with Crippen molar-refractivity contribution in [2.45, 2.75) is 32.2 Å². The lowest BCUT2D eigenvalue weighted by Gasteiger charge is -2.33. The Bertz CT molecular complexity index is 964. The molecule has 28 heavy (non-hydrogen) atoms. The monoisotopic (exact) mass is 411 g/mol. The van der Waals surface area contributed by atoms with Gasteiger partial charge in [-0.15, -0.1) is 22.7 Å². The number of thiophene rings is 1. The number of nitrogens with one attached hydrogen (secondary N) is 1. The number of hydrogen-bond acceptors (Lipinski definition) is 5. The topological polar surface area (TPSA) is 62.3 Å². The van der Waals surface area contributed by atoms with Crippen LogP contribution in [0.3, 0.4) is 0 Å². The zero-order valence-electron chi connectivity index (χ0n) is 15.6. The number of aromatic nitrogens is 1. The minimum atomic E-state index is -0.191. The molecule has 1 saturated heterocycles. The van der Waals surface area contributed by atoms with E-state index in [1.165, 1.54) is 17.8 Å². The Labute approximate surface area is 172 Å². The maximum atomic E-state index is 12.7. The predicted molar refractivity (Wildman–Crippen MR) is 114 cm³/mol. The second kappa shape index (κ2) is 8.24. The van der Waals surface area contributed by atoms with Crippen LogP contribution < -0.4 is 5.32 Å². The fourth-order valence-electron chi connectivity index (χ4n) is 3.35. The van der Waals surface area contributed by atoms with E-state index in [0.29, 0.717) is 16.1 Å². The van der Waals surface area contributed by atoms with Gasteiger partial charge in [0.05, 0.1) is 11.1 Å². The van der Waals surface area contributed by atoms with Gasteiger partial charge in [-0.1, -0.05) is 6.07 Å². The standard InChI is InChI=1S/C21H21N3O2S2/c1-14-5-2-3-11-24(14)21(26)15-7-9-16(10-8-15)23-19(25)18-13-22-20(28-18)17-6-4-12-27-17/h4,6-10,12-14H,2-3,5,11H2,1H3,(H,23,25). The van der Waals surface area contributed by atoms with Crippen LogP contribution in [0.4, 0.5) is 5.69 Å². The summed E-state index contributed by atoms with van der Waals surface area (Å²) < 4.78 is 0. The van der Waals surface area contributed by atoms with E-state index in [9.17, 15) is 9.59 Å². The van der Waals surface area contributed by atoms with Gasteiger partial charge < -0.3 is 10.2 Å². The zero-order chi connectivity index (χ0) is 19.5. The molecule has 5 nitrogen and oxygen atoms in total. The molecule has 2 amide bonds. The summed E-state index contributed by atoms with van der Waals surface area (Å²) in [6, 6.07) is 11.4. The quantitative estimate of drug-likeness (QED) is 0.647. The second-order valence-corrected chi connectivity index (χ2v) is 8.86. The molecule has 0 radical (unpaired) electrons. The molecular formula is C21H21N3O2S2. The van der Waals surface area contributed by atoms with Crippen molar-refractivity contribution in [2.24, 2.45) is 0 Å². The number of carbonyl (C=O) groups is 2. The molecule has 1 N–H and O–H groups in total.